The van der Waals surface area contributed by atoms with Gasteiger partial charge in [0, 0.05) is 6.55 Å². The molecule has 6 nitrogen and oxygen atoms in total. The summed E-state index contributed by atoms with van der Waals surface area (Å²) < 4.78 is 4.09. The average Bonchev–Trinajstić information content (AvgIpc) is 2.14. The topological polar surface area (TPSA) is 96.2 Å². The van der Waals surface area contributed by atoms with Crippen LogP contribution in [-0.4, -0.2) is 29.5 Å². The van der Waals surface area contributed by atoms with E-state index in [9.17, 15) is 9.90 Å². The Hall–Kier alpha value is -1.41. The summed E-state index contributed by atoms with van der Waals surface area (Å²) in [4.78, 5) is 33.0. The number of carbonyl (C=O) groups excluding carboxylic acids is 1. The first-order valence-corrected chi connectivity index (χ1v) is 6.33. The molecule has 0 heterocycles. The molecule has 1 rings (SSSR count). The Labute approximate surface area is 86.6 Å². The van der Waals surface area contributed by atoms with Gasteiger partial charge in [0.15, 0.2) is 0 Å². The minimum Gasteiger partial charge on any atom is -0.507 e. The van der Waals surface area contributed by atoms with Crippen molar-refractivity contribution >= 4 is 14.8 Å². The van der Waals surface area contributed by atoms with Gasteiger partial charge >= 0.3 is 14.8 Å². The van der Waals surface area contributed by atoms with Gasteiger partial charge in [0.05, 0.1) is 0 Å². The zero-order valence-corrected chi connectivity index (χ0v) is 8.88. The molecule has 1 aromatic carbocycles. The molecule has 15 heavy (non-hydrogen) atoms. The molecular weight excluding hydrogens is 220 g/mol. The molecule has 0 radical (unpaired) electrons. The van der Waals surface area contributed by atoms with Gasteiger partial charge < -0.3 is 14.7 Å². The van der Waals surface area contributed by atoms with Gasteiger partial charge in [-0.3, -0.25) is 4.89 Å². The molecule has 0 aliphatic carbocycles. The number of hydrogen-bond acceptors (Lipinski definition) is 6. The molecule has 0 atom stereocenters. The molecule has 0 aromatic heterocycles. The third-order valence-electron chi connectivity index (χ3n) is 1.40. The molecule has 0 amide bonds. The smallest absolute Gasteiger partial charge is 0.507 e. The monoisotopic (exact) mass is 230 g/mol. The quantitative estimate of drug-likeness (QED) is 0.385. The van der Waals surface area contributed by atoms with E-state index >= 15 is 0 Å². The number of aromatic hydroxyl groups is 1. The van der Waals surface area contributed by atoms with E-state index in [1.807, 2.05) is 0 Å². The SMILES string of the molecule is C[Si](O)(O)OOC(=O)c1ccccc1O. The van der Waals surface area contributed by atoms with Crippen molar-refractivity contribution in [2.75, 3.05) is 0 Å². The summed E-state index contributed by atoms with van der Waals surface area (Å²) in [6.45, 7) is 1.01. The van der Waals surface area contributed by atoms with Crippen LogP contribution in [0.4, 0.5) is 0 Å². The first-order valence-electron chi connectivity index (χ1n) is 4.03. The number of rotatable bonds is 3. The molecule has 1 aromatic rings. The van der Waals surface area contributed by atoms with Gasteiger partial charge in [-0.2, -0.15) is 4.58 Å². The van der Waals surface area contributed by atoms with Crippen molar-refractivity contribution in [2.45, 2.75) is 6.55 Å². The number of benzene rings is 1. The van der Waals surface area contributed by atoms with Crippen molar-refractivity contribution in [2.24, 2.45) is 0 Å². The maximum Gasteiger partial charge on any atom is 0.535 e. The second-order valence-corrected chi connectivity index (χ2v) is 4.94. The highest BCUT2D eigenvalue weighted by atomic mass is 28.4. The molecule has 0 spiro atoms. The number of hydrogen-bond donors (Lipinski definition) is 3. The minimum atomic E-state index is -3.89. The van der Waals surface area contributed by atoms with Crippen molar-refractivity contribution in [1.29, 1.82) is 0 Å². The van der Waals surface area contributed by atoms with Crippen LogP contribution in [0, 0.1) is 0 Å². The standard InChI is InChI=1S/C8H10O6Si/c1-15(11,12)14-13-8(10)6-4-2-3-5-7(6)9/h2-5,9,11-12H,1H3. The number of carbonyl (C=O) groups is 1. The highest BCUT2D eigenvalue weighted by molar-refractivity contribution is 6.55. The van der Waals surface area contributed by atoms with Gasteiger partial charge in [-0.25, -0.2) is 4.79 Å². The Bertz CT molecular complexity index is 358. The van der Waals surface area contributed by atoms with Crippen molar-refractivity contribution in [3.05, 3.63) is 29.8 Å². The number of para-hydroxylation sites is 1. The first kappa shape index (κ1) is 11.7. The maximum absolute atomic E-state index is 11.2. The Balaban J connectivity index is 2.66. The molecule has 0 unspecified atom stereocenters. The summed E-state index contributed by atoms with van der Waals surface area (Å²) in [7, 11) is -3.89. The molecule has 82 valence electrons. The maximum atomic E-state index is 11.2. The van der Waals surface area contributed by atoms with Gasteiger partial charge in [-0.15, -0.1) is 0 Å². The Morgan fingerprint density at radius 1 is 1.33 bits per heavy atom. The predicted molar refractivity (Wildman–Crippen MR) is 50.7 cm³/mol. The Morgan fingerprint density at radius 3 is 2.47 bits per heavy atom. The van der Waals surface area contributed by atoms with Gasteiger partial charge in [0.1, 0.15) is 11.3 Å². The van der Waals surface area contributed by atoms with Crippen molar-refractivity contribution in [1.82, 2.24) is 0 Å². The van der Waals surface area contributed by atoms with Crippen LogP contribution in [0.5, 0.6) is 5.75 Å². The Morgan fingerprint density at radius 2 is 1.93 bits per heavy atom. The third-order valence-corrected chi connectivity index (χ3v) is 1.80. The molecule has 7 heteroatoms. The van der Waals surface area contributed by atoms with Crippen LogP contribution in [0.1, 0.15) is 10.4 Å². The van der Waals surface area contributed by atoms with E-state index < -0.39 is 14.8 Å². The van der Waals surface area contributed by atoms with Crippen LogP contribution in [0.3, 0.4) is 0 Å². The zero-order chi connectivity index (χ0) is 11.5. The van der Waals surface area contributed by atoms with Crippen molar-refractivity contribution in [3.63, 3.8) is 0 Å². The summed E-state index contributed by atoms with van der Waals surface area (Å²) in [5.41, 5.74) is -0.115. The second kappa shape index (κ2) is 4.40. The van der Waals surface area contributed by atoms with Crippen LogP contribution >= 0.6 is 0 Å². The summed E-state index contributed by atoms with van der Waals surface area (Å²) in [5, 5.41) is 9.24. The molecule has 0 fully saturated rings. The normalized spacial score (nSPS) is 11.1. The Kier molecular flexibility index (Phi) is 3.42. The van der Waals surface area contributed by atoms with E-state index in [4.69, 9.17) is 9.59 Å². The van der Waals surface area contributed by atoms with Crippen LogP contribution in [0.15, 0.2) is 24.3 Å². The highest BCUT2D eigenvalue weighted by Gasteiger charge is 2.28. The molecule has 0 bridgehead atoms. The van der Waals surface area contributed by atoms with Crippen molar-refractivity contribution in [3.8, 4) is 5.75 Å². The lowest BCUT2D eigenvalue weighted by Crippen LogP contribution is -2.35. The fourth-order valence-electron chi connectivity index (χ4n) is 0.808. The predicted octanol–water partition coefficient (Wildman–Crippen LogP) is 0.0339. The van der Waals surface area contributed by atoms with E-state index in [2.05, 4.69) is 9.46 Å². The summed E-state index contributed by atoms with van der Waals surface area (Å²) in [6, 6.07) is 5.66. The molecule has 3 N–H and O–H groups in total. The van der Waals surface area contributed by atoms with Gasteiger partial charge in [0.25, 0.3) is 0 Å². The van der Waals surface area contributed by atoms with Crippen LogP contribution in [0.25, 0.3) is 0 Å². The lowest BCUT2D eigenvalue weighted by atomic mass is 10.2. The van der Waals surface area contributed by atoms with Crippen LogP contribution in [-0.2, 0) is 9.46 Å². The van der Waals surface area contributed by atoms with E-state index in [0.29, 0.717) is 0 Å². The summed E-state index contributed by atoms with van der Waals surface area (Å²) in [6.07, 6.45) is 0. The molecule has 0 aliphatic rings. The molecular formula is C8H10O6Si. The van der Waals surface area contributed by atoms with Gasteiger partial charge in [0.2, 0.25) is 0 Å². The summed E-state index contributed by atoms with van der Waals surface area (Å²) >= 11 is 0. The minimum absolute atomic E-state index is 0.115. The van der Waals surface area contributed by atoms with Crippen molar-refractivity contribution < 1.29 is 29.0 Å². The summed E-state index contributed by atoms with van der Waals surface area (Å²) in [5.74, 6) is -1.26. The van der Waals surface area contributed by atoms with Gasteiger partial charge in [-0.1, -0.05) is 12.1 Å². The van der Waals surface area contributed by atoms with E-state index in [1.165, 1.54) is 24.3 Å². The highest BCUT2D eigenvalue weighted by Crippen LogP contribution is 2.16. The lowest BCUT2D eigenvalue weighted by Gasteiger charge is -2.10. The second-order valence-electron chi connectivity index (χ2n) is 2.91. The lowest BCUT2D eigenvalue weighted by molar-refractivity contribution is -0.189. The fraction of sp³-hybridized carbons (Fsp3) is 0.125. The van der Waals surface area contributed by atoms with E-state index in [-0.39, 0.29) is 11.3 Å². The fourth-order valence-corrected chi connectivity index (χ4v) is 1.04. The molecule has 0 saturated heterocycles. The molecule has 0 aliphatic heterocycles. The average molecular weight is 230 g/mol. The number of phenolic OH excluding ortho intramolecular Hbond substituents is 1. The largest absolute Gasteiger partial charge is 0.535 e. The van der Waals surface area contributed by atoms with Crippen LogP contribution < -0.4 is 0 Å². The van der Waals surface area contributed by atoms with Crippen LogP contribution in [0.2, 0.25) is 6.55 Å². The zero-order valence-electron chi connectivity index (χ0n) is 7.88. The third kappa shape index (κ3) is 3.68. The first-order chi connectivity index (χ1) is 6.90. The number of phenols is 1. The molecule has 0 saturated carbocycles. The van der Waals surface area contributed by atoms with E-state index in [0.717, 1.165) is 6.55 Å². The van der Waals surface area contributed by atoms with E-state index in [1.54, 1.807) is 0 Å². The van der Waals surface area contributed by atoms with Gasteiger partial charge in [-0.05, 0) is 12.1 Å².